The summed E-state index contributed by atoms with van der Waals surface area (Å²) in [5.41, 5.74) is 0.410. The zero-order chi connectivity index (χ0) is 12.9. The Bertz CT molecular complexity index is 218. The first kappa shape index (κ1) is 14.9. The maximum atomic E-state index is 5.13. The molecule has 0 aromatic rings. The van der Waals surface area contributed by atoms with Gasteiger partial charge in [0, 0.05) is 32.3 Å². The minimum atomic E-state index is 0.410. The third-order valence-electron chi connectivity index (χ3n) is 4.28. The Morgan fingerprint density at radius 2 is 2.12 bits per heavy atom. The quantitative estimate of drug-likeness (QED) is 0.722. The van der Waals surface area contributed by atoms with Crippen molar-refractivity contribution >= 4 is 0 Å². The number of ether oxygens (including phenoxy) is 1. The minimum absolute atomic E-state index is 0.410. The third-order valence-corrected chi connectivity index (χ3v) is 4.28. The lowest BCUT2D eigenvalue weighted by Crippen LogP contribution is -2.57. The van der Waals surface area contributed by atoms with E-state index in [-0.39, 0.29) is 0 Å². The molecule has 2 unspecified atom stereocenters. The molecule has 0 heterocycles. The number of rotatable bonds is 6. The van der Waals surface area contributed by atoms with E-state index in [4.69, 9.17) is 4.74 Å². The van der Waals surface area contributed by atoms with Crippen LogP contribution >= 0.6 is 0 Å². The van der Waals surface area contributed by atoms with Crippen molar-refractivity contribution in [1.82, 2.24) is 10.2 Å². The standard InChI is InChI=1S/C14H30N2O/c1-14(2)9-6-8-12(13(14)15-3)16(4)10-7-11-17-5/h12-13,15H,6-11H2,1-5H3. The van der Waals surface area contributed by atoms with Crippen LogP contribution in [0.3, 0.4) is 0 Å². The van der Waals surface area contributed by atoms with Gasteiger partial charge in [-0.2, -0.15) is 0 Å². The van der Waals surface area contributed by atoms with E-state index in [2.05, 4.69) is 38.2 Å². The van der Waals surface area contributed by atoms with Crippen molar-refractivity contribution in [3.8, 4) is 0 Å². The summed E-state index contributed by atoms with van der Waals surface area (Å²) in [6.45, 7) is 6.78. The zero-order valence-electron chi connectivity index (χ0n) is 12.3. The highest BCUT2D eigenvalue weighted by Crippen LogP contribution is 2.37. The highest BCUT2D eigenvalue weighted by Gasteiger charge is 2.39. The van der Waals surface area contributed by atoms with Gasteiger partial charge in [-0.25, -0.2) is 0 Å². The smallest absolute Gasteiger partial charge is 0.0474 e. The highest BCUT2D eigenvalue weighted by atomic mass is 16.5. The topological polar surface area (TPSA) is 24.5 Å². The molecule has 3 nitrogen and oxygen atoms in total. The predicted molar refractivity (Wildman–Crippen MR) is 73.4 cm³/mol. The van der Waals surface area contributed by atoms with Gasteiger partial charge in [-0.05, 0) is 38.8 Å². The van der Waals surface area contributed by atoms with Crippen LogP contribution in [0, 0.1) is 5.41 Å². The summed E-state index contributed by atoms with van der Waals surface area (Å²) in [5.74, 6) is 0. The van der Waals surface area contributed by atoms with Gasteiger partial charge in [0.05, 0.1) is 0 Å². The summed E-state index contributed by atoms with van der Waals surface area (Å²) in [5, 5.41) is 3.54. The number of methoxy groups -OCH3 is 1. The van der Waals surface area contributed by atoms with Gasteiger partial charge >= 0.3 is 0 Å². The van der Waals surface area contributed by atoms with E-state index >= 15 is 0 Å². The van der Waals surface area contributed by atoms with Crippen LogP contribution in [0.4, 0.5) is 0 Å². The molecule has 0 aliphatic heterocycles. The normalized spacial score (nSPS) is 28.6. The number of nitrogens with one attached hydrogen (secondary N) is 1. The number of hydrogen-bond donors (Lipinski definition) is 1. The van der Waals surface area contributed by atoms with Crippen LogP contribution in [0.15, 0.2) is 0 Å². The molecule has 0 bridgehead atoms. The fourth-order valence-corrected chi connectivity index (χ4v) is 3.29. The Morgan fingerprint density at radius 3 is 2.71 bits per heavy atom. The van der Waals surface area contributed by atoms with Gasteiger partial charge in [-0.3, -0.25) is 0 Å². The molecule has 0 aromatic heterocycles. The molecule has 1 saturated carbocycles. The maximum absolute atomic E-state index is 5.13. The van der Waals surface area contributed by atoms with Crippen molar-refractivity contribution in [3.05, 3.63) is 0 Å². The van der Waals surface area contributed by atoms with Gasteiger partial charge in [0.2, 0.25) is 0 Å². The summed E-state index contributed by atoms with van der Waals surface area (Å²) in [6.07, 6.45) is 5.13. The minimum Gasteiger partial charge on any atom is -0.385 e. The summed E-state index contributed by atoms with van der Waals surface area (Å²) in [4.78, 5) is 2.51. The van der Waals surface area contributed by atoms with Crippen molar-refractivity contribution in [2.24, 2.45) is 5.41 Å². The van der Waals surface area contributed by atoms with E-state index in [0.29, 0.717) is 17.5 Å². The first-order chi connectivity index (χ1) is 8.03. The molecule has 0 aromatic carbocycles. The van der Waals surface area contributed by atoms with Crippen molar-refractivity contribution in [1.29, 1.82) is 0 Å². The molecule has 102 valence electrons. The largest absolute Gasteiger partial charge is 0.385 e. The molecule has 1 aliphatic rings. The van der Waals surface area contributed by atoms with Gasteiger partial charge in [0.1, 0.15) is 0 Å². The van der Waals surface area contributed by atoms with Gasteiger partial charge < -0.3 is 15.0 Å². The molecular formula is C14H30N2O. The summed E-state index contributed by atoms with van der Waals surface area (Å²) in [6, 6.07) is 1.27. The lowest BCUT2D eigenvalue weighted by atomic mass is 9.70. The molecule has 0 amide bonds. The van der Waals surface area contributed by atoms with Crippen LogP contribution in [-0.4, -0.2) is 51.3 Å². The average Bonchev–Trinajstić information content (AvgIpc) is 2.27. The molecule has 0 saturated heterocycles. The van der Waals surface area contributed by atoms with Crippen molar-refractivity contribution < 1.29 is 4.74 Å². The van der Waals surface area contributed by atoms with Crippen LogP contribution in [-0.2, 0) is 4.74 Å². The van der Waals surface area contributed by atoms with E-state index in [1.807, 2.05) is 0 Å². The highest BCUT2D eigenvalue weighted by molar-refractivity contribution is 4.96. The number of hydrogen-bond acceptors (Lipinski definition) is 3. The fraction of sp³-hybridized carbons (Fsp3) is 1.00. The molecule has 1 aliphatic carbocycles. The zero-order valence-corrected chi connectivity index (χ0v) is 12.3. The Balaban J connectivity index is 2.54. The fourth-order valence-electron chi connectivity index (χ4n) is 3.29. The summed E-state index contributed by atoms with van der Waals surface area (Å²) in [7, 11) is 6.14. The monoisotopic (exact) mass is 242 g/mol. The van der Waals surface area contributed by atoms with Gasteiger partial charge in [-0.1, -0.05) is 20.3 Å². The molecule has 1 fully saturated rings. The van der Waals surface area contributed by atoms with Gasteiger partial charge in [0.25, 0.3) is 0 Å². The maximum Gasteiger partial charge on any atom is 0.0474 e. The number of nitrogens with zero attached hydrogens (tertiary/aromatic N) is 1. The van der Waals surface area contributed by atoms with Crippen LogP contribution in [0.5, 0.6) is 0 Å². The first-order valence-corrected chi connectivity index (χ1v) is 6.89. The molecule has 1 N–H and O–H groups in total. The van der Waals surface area contributed by atoms with E-state index < -0.39 is 0 Å². The van der Waals surface area contributed by atoms with E-state index in [0.717, 1.165) is 19.6 Å². The summed E-state index contributed by atoms with van der Waals surface area (Å²) >= 11 is 0. The molecular weight excluding hydrogens is 212 g/mol. The van der Waals surface area contributed by atoms with E-state index in [1.54, 1.807) is 7.11 Å². The summed E-state index contributed by atoms with van der Waals surface area (Å²) < 4.78 is 5.13. The average molecular weight is 242 g/mol. The molecule has 1 rings (SSSR count). The SMILES string of the molecule is CNC1C(N(C)CCCOC)CCCC1(C)C. The molecule has 2 atom stereocenters. The second-order valence-electron chi connectivity index (χ2n) is 6.04. The van der Waals surface area contributed by atoms with Crippen LogP contribution in [0.1, 0.15) is 39.5 Å². The Morgan fingerprint density at radius 1 is 1.41 bits per heavy atom. The Kier molecular flexibility index (Phi) is 5.90. The third kappa shape index (κ3) is 3.94. The van der Waals surface area contributed by atoms with Crippen LogP contribution in [0.25, 0.3) is 0 Å². The van der Waals surface area contributed by atoms with Crippen molar-refractivity contribution in [2.45, 2.75) is 51.6 Å². The van der Waals surface area contributed by atoms with Crippen LogP contribution in [0.2, 0.25) is 0 Å². The Hall–Kier alpha value is -0.120. The lowest BCUT2D eigenvalue weighted by Gasteiger charge is -2.47. The predicted octanol–water partition coefficient (Wildman–Crippen LogP) is 2.12. The first-order valence-electron chi connectivity index (χ1n) is 6.89. The van der Waals surface area contributed by atoms with Crippen molar-refractivity contribution in [2.75, 3.05) is 34.4 Å². The molecule has 0 radical (unpaired) electrons. The molecule has 17 heavy (non-hydrogen) atoms. The second kappa shape index (κ2) is 6.72. The lowest BCUT2D eigenvalue weighted by molar-refractivity contribution is 0.0617. The second-order valence-corrected chi connectivity index (χ2v) is 6.04. The van der Waals surface area contributed by atoms with Crippen LogP contribution < -0.4 is 5.32 Å². The van der Waals surface area contributed by atoms with Gasteiger partial charge in [0.15, 0.2) is 0 Å². The Labute approximate surface area is 107 Å². The van der Waals surface area contributed by atoms with Crippen molar-refractivity contribution in [3.63, 3.8) is 0 Å². The van der Waals surface area contributed by atoms with Gasteiger partial charge in [-0.15, -0.1) is 0 Å². The molecule has 3 heteroatoms. The number of likely N-dealkylation sites (N-methyl/N-ethyl adjacent to an activating group) is 2. The molecule has 0 spiro atoms. The van der Waals surface area contributed by atoms with E-state index in [1.165, 1.54) is 19.3 Å². The van der Waals surface area contributed by atoms with E-state index in [9.17, 15) is 0 Å².